The summed E-state index contributed by atoms with van der Waals surface area (Å²) in [4.78, 5) is 0. The highest BCUT2D eigenvalue weighted by Gasteiger charge is 2.17. The van der Waals surface area contributed by atoms with Gasteiger partial charge in [-0.3, -0.25) is 4.31 Å². The number of nitrogens with one attached hydrogen (secondary N) is 1. The molecule has 6 heteroatoms. The van der Waals surface area contributed by atoms with Crippen molar-refractivity contribution in [2.24, 2.45) is 0 Å². The molecule has 0 unspecified atom stereocenters. The van der Waals surface area contributed by atoms with Crippen LogP contribution in [0.5, 0.6) is 0 Å². The number of nitrogens with zero attached hydrogens (tertiary/aromatic N) is 1. The van der Waals surface area contributed by atoms with Gasteiger partial charge in [0, 0.05) is 13.6 Å². The number of rotatable bonds is 7. The van der Waals surface area contributed by atoms with Crippen molar-refractivity contribution in [3.63, 3.8) is 0 Å². The molecule has 0 atom stereocenters. The Morgan fingerprint density at radius 1 is 1.22 bits per heavy atom. The van der Waals surface area contributed by atoms with Crippen LogP contribution in [0.2, 0.25) is 0 Å². The van der Waals surface area contributed by atoms with Crippen LogP contribution in [0.3, 0.4) is 0 Å². The molecule has 0 heterocycles. The van der Waals surface area contributed by atoms with E-state index < -0.39 is 10.0 Å². The standard InChI is InChI=1S/C12H19FN2O2S/c1-3-8-14-9-10-18(16,17)15(2)12-6-4-11(13)5-7-12/h4-7,14H,3,8-10H2,1-2H3. The van der Waals surface area contributed by atoms with Crippen LogP contribution in [0.25, 0.3) is 0 Å². The maximum atomic E-state index is 12.8. The summed E-state index contributed by atoms with van der Waals surface area (Å²) >= 11 is 0. The Hall–Kier alpha value is -1.14. The first kappa shape index (κ1) is 14.9. The van der Waals surface area contributed by atoms with E-state index in [-0.39, 0.29) is 11.6 Å². The van der Waals surface area contributed by atoms with Gasteiger partial charge in [-0.1, -0.05) is 6.92 Å². The van der Waals surface area contributed by atoms with Gasteiger partial charge in [0.2, 0.25) is 10.0 Å². The fraction of sp³-hybridized carbons (Fsp3) is 0.500. The predicted molar refractivity (Wildman–Crippen MR) is 71.8 cm³/mol. The number of anilines is 1. The normalized spacial score (nSPS) is 11.5. The van der Waals surface area contributed by atoms with Gasteiger partial charge in [-0.15, -0.1) is 0 Å². The zero-order chi connectivity index (χ0) is 13.6. The van der Waals surface area contributed by atoms with Gasteiger partial charge in [-0.2, -0.15) is 0 Å². The molecule has 18 heavy (non-hydrogen) atoms. The molecule has 1 aromatic rings. The van der Waals surface area contributed by atoms with E-state index in [4.69, 9.17) is 0 Å². The SMILES string of the molecule is CCCNCCS(=O)(=O)N(C)c1ccc(F)cc1. The molecule has 0 fully saturated rings. The van der Waals surface area contributed by atoms with Crippen LogP contribution in [-0.2, 0) is 10.0 Å². The zero-order valence-corrected chi connectivity index (χ0v) is 11.5. The molecule has 102 valence electrons. The monoisotopic (exact) mass is 274 g/mol. The van der Waals surface area contributed by atoms with Crippen LogP contribution < -0.4 is 9.62 Å². The highest BCUT2D eigenvalue weighted by atomic mass is 32.2. The average molecular weight is 274 g/mol. The van der Waals surface area contributed by atoms with E-state index in [1.807, 2.05) is 6.92 Å². The molecule has 4 nitrogen and oxygen atoms in total. The number of benzene rings is 1. The maximum Gasteiger partial charge on any atom is 0.236 e. The largest absolute Gasteiger partial charge is 0.316 e. The van der Waals surface area contributed by atoms with Crippen LogP contribution in [0, 0.1) is 5.82 Å². The minimum atomic E-state index is -3.36. The third-order valence-electron chi connectivity index (χ3n) is 2.57. The summed E-state index contributed by atoms with van der Waals surface area (Å²) in [5, 5.41) is 3.04. The lowest BCUT2D eigenvalue weighted by atomic mass is 10.3. The molecule has 1 aromatic carbocycles. The van der Waals surface area contributed by atoms with Gasteiger partial charge in [0.15, 0.2) is 0 Å². The fourth-order valence-corrected chi connectivity index (χ4v) is 2.57. The third kappa shape index (κ3) is 4.27. The highest BCUT2D eigenvalue weighted by molar-refractivity contribution is 7.92. The number of sulfonamides is 1. The Kier molecular flexibility index (Phi) is 5.55. The first-order valence-electron chi connectivity index (χ1n) is 5.90. The molecule has 0 saturated carbocycles. The number of hydrogen-bond donors (Lipinski definition) is 1. The Balaban J connectivity index is 2.64. The molecular weight excluding hydrogens is 255 g/mol. The second-order valence-electron chi connectivity index (χ2n) is 4.01. The zero-order valence-electron chi connectivity index (χ0n) is 10.7. The van der Waals surface area contributed by atoms with Crippen molar-refractivity contribution in [3.05, 3.63) is 30.1 Å². The smallest absolute Gasteiger partial charge is 0.236 e. The van der Waals surface area contributed by atoms with Crippen molar-refractivity contribution in [1.82, 2.24) is 5.32 Å². The molecule has 0 aliphatic rings. The van der Waals surface area contributed by atoms with Gasteiger partial charge in [-0.25, -0.2) is 12.8 Å². The van der Waals surface area contributed by atoms with Crippen molar-refractivity contribution in [3.8, 4) is 0 Å². The van der Waals surface area contributed by atoms with E-state index in [1.165, 1.54) is 35.6 Å². The average Bonchev–Trinajstić information content (AvgIpc) is 2.35. The van der Waals surface area contributed by atoms with E-state index in [0.29, 0.717) is 12.2 Å². The third-order valence-corrected chi connectivity index (χ3v) is 4.34. The molecule has 0 aromatic heterocycles. The summed E-state index contributed by atoms with van der Waals surface area (Å²) in [5.74, 6) is -0.352. The van der Waals surface area contributed by atoms with Crippen LogP contribution >= 0.6 is 0 Å². The minimum Gasteiger partial charge on any atom is -0.316 e. The Labute approximate surface area is 108 Å². The Morgan fingerprint density at radius 2 is 1.83 bits per heavy atom. The van der Waals surface area contributed by atoms with E-state index in [9.17, 15) is 12.8 Å². The Bertz CT molecular complexity index is 459. The minimum absolute atomic E-state index is 0.0286. The van der Waals surface area contributed by atoms with Gasteiger partial charge in [0.1, 0.15) is 5.82 Å². The van der Waals surface area contributed by atoms with E-state index >= 15 is 0 Å². The molecule has 1 N–H and O–H groups in total. The quantitative estimate of drug-likeness (QED) is 0.768. The summed E-state index contributed by atoms with van der Waals surface area (Å²) < 4.78 is 37.9. The van der Waals surface area contributed by atoms with Gasteiger partial charge in [-0.05, 0) is 37.2 Å². The van der Waals surface area contributed by atoms with Crippen molar-refractivity contribution in [2.75, 3.05) is 30.2 Å². The van der Waals surface area contributed by atoms with Crippen LogP contribution in [-0.4, -0.2) is 34.3 Å². The van der Waals surface area contributed by atoms with Gasteiger partial charge >= 0.3 is 0 Å². The molecule has 0 saturated heterocycles. The summed E-state index contributed by atoms with van der Waals surface area (Å²) in [7, 11) is -1.88. The fourth-order valence-electron chi connectivity index (χ4n) is 1.45. The van der Waals surface area contributed by atoms with Crippen molar-refractivity contribution >= 4 is 15.7 Å². The lowest BCUT2D eigenvalue weighted by Gasteiger charge is -2.19. The summed E-state index contributed by atoms with van der Waals surface area (Å²) in [6.45, 7) is 3.24. The molecule has 0 aliphatic carbocycles. The second-order valence-corrected chi connectivity index (χ2v) is 6.13. The van der Waals surface area contributed by atoms with Crippen molar-refractivity contribution < 1.29 is 12.8 Å². The Morgan fingerprint density at radius 3 is 2.39 bits per heavy atom. The van der Waals surface area contributed by atoms with Gasteiger partial charge < -0.3 is 5.32 Å². The number of hydrogen-bond acceptors (Lipinski definition) is 3. The molecule has 0 radical (unpaired) electrons. The lowest BCUT2D eigenvalue weighted by Crippen LogP contribution is -2.33. The van der Waals surface area contributed by atoms with E-state index in [0.717, 1.165) is 13.0 Å². The summed E-state index contributed by atoms with van der Waals surface area (Å²) in [6, 6.07) is 5.39. The van der Waals surface area contributed by atoms with Crippen LogP contribution in [0.1, 0.15) is 13.3 Å². The molecule has 0 aliphatic heterocycles. The molecular formula is C12H19FN2O2S. The highest BCUT2D eigenvalue weighted by Crippen LogP contribution is 2.16. The molecule has 0 bridgehead atoms. The molecule has 0 spiro atoms. The van der Waals surface area contributed by atoms with E-state index in [1.54, 1.807) is 0 Å². The maximum absolute atomic E-state index is 12.8. The van der Waals surface area contributed by atoms with Crippen LogP contribution in [0.4, 0.5) is 10.1 Å². The number of halogens is 1. The first-order valence-corrected chi connectivity index (χ1v) is 7.51. The van der Waals surface area contributed by atoms with Crippen LogP contribution in [0.15, 0.2) is 24.3 Å². The lowest BCUT2D eigenvalue weighted by molar-refractivity contribution is 0.588. The molecule has 0 amide bonds. The van der Waals surface area contributed by atoms with Gasteiger partial charge in [0.25, 0.3) is 0 Å². The molecule has 1 rings (SSSR count). The first-order chi connectivity index (χ1) is 8.47. The van der Waals surface area contributed by atoms with Gasteiger partial charge in [0.05, 0.1) is 11.4 Å². The second kappa shape index (κ2) is 6.70. The summed E-state index contributed by atoms with van der Waals surface area (Å²) in [5.41, 5.74) is 0.465. The van der Waals surface area contributed by atoms with Crippen molar-refractivity contribution in [1.29, 1.82) is 0 Å². The topological polar surface area (TPSA) is 49.4 Å². The van der Waals surface area contributed by atoms with E-state index in [2.05, 4.69) is 5.32 Å². The van der Waals surface area contributed by atoms with Crippen molar-refractivity contribution in [2.45, 2.75) is 13.3 Å². The summed E-state index contributed by atoms with van der Waals surface area (Å²) in [6.07, 6.45) is 0.966. The predicted octanol–water partition coefficient (Wildman–Crippen LogP) is 1.59.